The molecule has 0 radical (unpaired) electrons. The van der Waals surface area contributed by atoms with Crippen molar-refractivity contribution in [2.45, 2.75) is 55.3 Å². The van der Waals surface area contributed by atoms with E-state index in [1.165, 1.54) is 9.80 Å². The number of carbonyl (C=O) groups excluding carboxylic acids is 3. The second-order valence-corrected chi connectivity index (χ2v) is 18.5. The summed E-state index contributed by atoms with van der Waals surface area (Å²) in [6.07, 6.45) is 4.37. The first-order valence-electron chi connectivity index (χ1n) is 20.5. The van der Waals surface area contributed by atoms with Crippen molar-refractivity contribution in [2.75, 3.05) is 19.6 Å². The Hall–Kier alpha value is -5.89. The number of urea groups is 2. The first-order valence-corrected chi connectivity index (χ1v) is 22.8. The van der Waals surface area contributed by atoms with E-state index in [2.05, 4.69) is 25.6 Å². The zero-order valence-electron chi connectivity index (χ0n) is 34.3. The molecule has 2 heterocycles. The van der Waals surface area contributed by atoms with E-state index in [4.69, 9.17) is 59.5 Å². The summed E-state index contributed by atoms with van der Waals surface area (Å²) in [6, 6.07) is 41.1. The van der Waals surface area contributed by atoms with Gasteiger partial charge in [-0.15, -0.1) is 0 Å². The van der Waals surface area contributed by atoms with E-state index >= 15 is 0 Å². The predicted molar refractivity (Wildman–Crippen MR) is 262 cm³/mol. The van der Waals surface area contributed by atoms with E-state index in [1.807, 2.05) is 12.1 Å². The molecule has 65 heavy (non-hydrogen) atoms. The molecular weight excluding hydrogens is 970 g/mol. The molecular formula is C50H37BrCl4N6O4. The Balaban J connectivity index is 0.000000153. The highest BCUT2D eigenvalue weighted by atomic mass is 79.9. The van der Waals surface area contributed by atoms with Gasteiger partial charge in [-0.25, -0.2) is 24.2 Å². The van der Waals surface area contributed by atoms with Crippen LogP contribution in [0.3, 0.4) is 0 Å². The van der Waals surface area contributed by atoms with Crippen molar-refractivity contribution in [3.63, 3.8) is 0 Å². The number of aliphatic hydroxyl groups is 1. The van der Waals surface area contributed by atoms with Crippen LogP contribution in [-0.2, 0) is 10.5 Å². The molecule has 326 valence electrons. The van der Waals surface area contributed by atoms with Crippen molar-refractivity contribution in [1.29, 1.82) is 0 Å². The number of benzene rings is 6. The van der Waals surface area contributed by atoms with Crippen molar-refractivity contribution in [1.82, 2.24) is 0 Å². The molecule has 15 heteroatoms. The molecule has 2 aliphatic heterocycles. The van der Waals surface area contributed by atoms with Crippen LogP contribution >= 0.6 is 62.3 Å². The number of hydrogen-bond acceptors (Lipinski definition) is 4. The minimum Gasteiger partial charge on any atom is -0.365 e. The van der Waals surface area contributed by atoms with Gasteiger partial charge >= 0.3 is 12.1 Å². The first kappa shape index (κ1) is 45.7. The Kier molecular flexibility index (Phi) is 13.0. The lowest BCUT2D eigenvalue weighted by Gasteiger charge is -2.52. The summed E-state index contributed by atoms with van der Waals surface area (Å²) >= 11 is 27.3. The average Bonchev–Trinajstić information content (AvgIpc) is 3.66. The second kappa shape index (κ2) is 18.5. The Bertz CT molecular complexity index is 2860. The van der Waals surface area contributed by atoms with Gasteiger partial charge in [0.15, 0.2) is 17.1 Å². The Morgan fingerprint density at radius 3 is 1.37 bits per heavy atom. The summed E-state index contributed by atoms with van der Waals surface area (Å²) in [5, 5.41) is 14.7. The van der Waals surface area contributed by atoms with E-state index in [9.17, 15) is 19.5 Å². The van der Waals surface area contributed by atoms with Gasteiger partial charge in [-0.3, -0.25) is 19.5 Å². The molecule has 0 aromatic heterocycles. The molecule has 0 bridgehead atoms. The number of halogens is 5. The molecule has 2 aliphatic carbocycles. The minimum atomic E-state index is -1.68. The molecule has 1 atom stereocenters. The summed E-state index contributed by atoms with van der Waals surface area (Å²) in [6.45, 7) is 14.1. The largest absolute Gasteiger partial charge is 0.365 e. The van der Waals surface area contributed by atoms with E-state index in [-0.39, 0.29) is 18.0 Å². The molecule has 4 fully saturated rings. The third-order valence-electron chi connectivity index (χ3n) is 12.2. The van der Waals surface area contributed by atoms with Crippen molar-refractivity contribution >= 4 is 114 Å². The van der Waals surface area contributed by atoms with Crippen LogP contribution < -0.4 is 19.6 Å². The highest BCUT2D eigenvalue weighted by Crippen LogP contribution is 2.59. The van der Waals surface area contributed by atoms with E-state index in [0.29, 0.717) is 85.5 Å². The maximum Gasteiger partial charge on any atom is 0.336 e. The Morgan fingerprint density at radius 1 is 0.523 bits per heavy atom. The number of rotatable bonds is 5. The fraction of sp³-hybridized carbons (Fsp3) is 0.180. The van der Waals surface area contributed by atoms with Crippen LogP contribution in [0, 0.1) is 13.1 Å². The maximum atomic E-state index is 14.0. The van der Waals surface area contributed by atoms with Gasteiger partial charge in [-0.05, 0) is 153 Å². The van der Waals surface area contributed by atoms with Crippen LogP contribution in [0.5, 0.6) is 0 Å². The number of hydrogen-bond donors (Lipinski definition) is 1. The molecule has 2 spiro atoms. The number of imide groups is 1. The molecule has 10 rings (SSSR count). The SMILES string of the molecule is O=C1N(c2ccc(Cl)cc2)C(=O)C2(CCC2)N1c1ccc(Cl)cc1.[C-]#[N+]c1cccc(Br)c1.[C-]#[N+]c1cccc(C2(O)N(c3ccc(Cl)cc3)C(=O)N(c3ccc(Cl)cc3)C23CCC3)c1. The lowest BCUT2D eigenvalue weighted by molar-refractivity contribution is -0.123. The van der Waals surface area contributed by atoms with Crippen molar-refractivity contribution in [3.8, 4) is 0 Å². The summed E-state index contributed by atoms with van der Waals surface area (Å²) < 4.78 is 0.955. The lowest BCUT2D eigenvalue weighted by Crippen LogP contribution is -2.63. The molecule has 1 N–H and O–H groups in total. The number of amides is 5. The molecule has 2 saturated heterocycles. The zero-order chi connectivity index (χ0) is 46.1. The van der Waals surface area contributed by atoms with Gasteiger partial charge in [0.25, 0.3) is 5.91 Å². The lowest BCUT2D eigenvalue weighted by atomic mass is 9.66. The van der Waals surface area contributed by atoms with Gasteiger partial charge < -0.3 is 5.11 Å². The molecule has 2 saturated carbocycles. The predicted octanol–water partition coefficient (Wildman–Crippen LogP) is 14.6. The molecule has 1 unspecified atom stereocenters. The van der Waals surface area contributed by atoms with E-state index < -0.39 is 16.8 Å². The fourth-order valence-electron chi connectivity index (χ4n) is 8.83. The van der Waals surface area contributed by atoms with Crippen LogP contribution in [0.15, 0.2) is 150 Å². The van der Waals surface area contributed by atoms with Gasteiger partial charge in [0, 0.05) is 41.6 Å². The molecule has 10 nitrogen and oxygen atoms in total. The van der Waals surface area contributed by atoms with Gasteiger partial charge in [0.05, 0.1) is 18.8 Å². The minimum absolute atomic E-state index is 0.170. The fourth-order valence-corrected chi connectivity index (χ4v) is 9.72. The summed E-state index contributed by atoms with van der Waals surface area (Å²) in [5.74, 6) is -0.170. The first-order chi connectivity index (χ1) is 31.3. The topological polar surface area (TPSA) is 93.1 Å². The van der Waals surface area contributed by atoms with Crippen LogP contribution in [0.2, 0.25) is 20.1 Å². The van der Waals surface area contributed by atoms with E-state index in [1.54, 1.807) is 143 Å². The van der Waals surface area contributed by atoms with Crippen molar-refractivity contribution < 1.29 is 19.5 Å². The highest BCUT2D eigenvalue weighted by molar-refractivity contribution is 9.10. The highest BCUT2D eigenvalue weighted by Gasteiger charge is 2.70. The van der Waals surface area contributed by atoms with E-state index in [0.717, 1.165) is 17.3 Å². The molecule has 6 aromatic rings. The van der Waals surface area contributed by atoms with Crippen LogP contribution in [-0.4, -0.2) is 34.2 Å². The van der Waals surface area contributed by atoms with Crippen molar-refractivity contribution in [3.05, 3.63) is 199 Å². The van der Waals surface area contributed by atoms with Gasteiger partial charge in [0.1, 0.15) is 11.1 Å². The van der Waals surface area contributed by atoms with Gasteiger partial charge in [-0.2, -0.15) is 0 Å². The number of nitrogens with zero attached hydrogens (tertiary/aromatic N) is 6. The standard InChI is InChI=1S/C25H19Cl2N3O2.C18H14Cl2N2O2.C7H4BrN/c1-28-20-5-2-4-17(16-20)25(32)24(14-3-15-24)29(21-10-6-18(26)7-11-21)23(31)30(25)22-12-8-19(27)9-13-22;19-12-2-6-14(7-3-12)21-16(23)18(10-1-11-18)22(17(21)24)15-8-4-13(20)5-9-15;1-9-7-4-2-3-6(8)5-7/h2,4-13,16,32H,3,14-15H2;2-9H,1,10-11H2;2-5H. The molecule has 4 aliphatic rings. The Labute approximate surface area is 404 Å². The monoisotopic (exact) mass is 1000 g/mol. The normalized spacial score (nSPS) is 18.8. The van der Waals surface area contributed by atoms with Gasteiger partial charge in [-0.1, -0.05) is 98.7 Å². The maximum absolute atomic E-state index is 14.0. The molecule has 6 aromatic carbocycles. The quantitative estimate of drug-likeness (QED) is 0.138. The molecule has 5 amide bonds. The third-order valence-corrected chi connectivity index (χ3v) is 13.7. The Morgan fingerprint density at radius 2 is 0.954 bits per heavy atom. The second-order valence-electron chi connectivity index (χ2n) is 15.8. The van der Waals surface area contributed by atoms with Crippen molar-refractivity contribution in [2.24, 2.45) is 0 Å². The van der Waals surface area contributed by atoms with Crippen LogP contribution in [0.25, 0.3) is 9.69 Å². The van der Waals surface area contributed by atoms with Gasteiger partial charge in [0.2, 0.25) is 0 Å². The zero-order valence-corrected chi connectivity index (χ0v) is 39.0. The summed E-state index contributed by atoms with van der Waals surface area (Å²) in [5.41, 5.74) is 0.645. The van der Waals surface area contributed by atoms with Crippen LogP contribution in [0.1, 0.15) is 44.1 Å². The number of carbonyl (C=O) groups is 3. The number of anilines is 4. The summed E-state index contributed by atoms with van der Waals surface area (Å²) in [7, 11) is 0. The van der Waals surface area contributed by atoms with Crippen LogP contribution in [0.4, 0.5) is 43.7 Å². The summed E-state index contributed by atoms with van der Waals surface area (Å²) in [4.78, 5) is 52.9. The average molecular weight is 1010 g/mol. The third kappa shape index (κ3) is 8.23. The smallest absolute Gasteiger partial charge is 0.336 e.